The zero-order valence-corrected chi connectivity index (χ0v) is 15.5. The number of thioether (sulfide) groups is 1. The highest BCUT2D eigenvalue weighted by Gasteiger charge is 2.40. The van der Waals surface area contributed by atoms with Crippen molar-refractivity contribution < 1.29 is 0 Å². The van der Waals surface area contributed by atoms with E-state index in [4.69, 9.17) is 0 Å². The molecule has 21 heavy (non-hydrogen) atoms. The highest BCUT2D eigenvalue weighted by Crippen LogP contribution is 2.54. The first-order valence-electron chi connectivity index (χ1n) is 9.94. The third-order valence-corrected chi connectivity index (χ3v) is 7.96. The summed E-state index contributed by atoms with van der Waals surface area (Å²) in [4.78, 5) is 0. The van der Waals surface area contributed by atoms with Crippen LogP contribution in [-0.4, -0.2) is 9.49 Å². The van der Waals surface area contributed by atoms with Gasteiger partial charge in [-0.1, -0.05) is 78.1 Å². The number of hydrogen-bond acceptors (Lipinski definition) is 1. The van der Waals surface area contributed by atoms with Gasteiger partial charge in [-0.05, 0) is 38.5 Å². The Kier molecular flexibility index (Phi) is 7.46. The Morgan fingerprint density at radius 2 is 0.905 bits per heavy atom. The van der Waals surface area contributed by atoms with Crippen LogP contribution in [0.2, 0.25) is 0 Å². The minimum atomic E-state index is 0.644. The van der Waals surface area contributed by atoms with Crippen molar-refractivity contribution in [1.29, 1.82) is 0 Å². The summed E-state index contributed by atoms with van der Waals surface area (Å²) in [6, 6.07) is 0. The third kappa shape index (κ3) is 5.19. The van der Waals surface area contributed by atoms with E-state index in [0.717, 1.165) is 0 Å². The monoisotopic (exact) mass is 310 g/mol. The van der Waals surface area contributed by atoms with E-state index in [0.29, 0.717) is 9.49 Å². The second-order valence-corrected chi connectivity index (χ2v) is 9.73. The van der Waals surface area contributed by atoms with Gasteiger partial charge in [-0.2, -0.15) is 0 Å². The molecule has 0 atom stereocenters. The molecule has 2 aliphatic carbocycles. The van der Waals surface area contributed by atoms with Crippen LogP contribution in [-0.2, 0) is 0 Å². The van der Waals surface area contributed by atoms with Crippen molar-refractivity contribution in [2.45, 2.75) is 126 Å². The Balaban J connectivity index is 2.13. The van der Waals surface area contributed by atoms with Crippen LogP contribution in [0.3, 0.4) is 0 Å². The molecule has 0 saturated heterocycles. The lowest BCUT2D eigenvalue weighted by Crippen LogP contribution is -2.35. The van der Waals surface area contributed by atoms with Gasteiger partial charge < -0.3 is 0 Å². The van der Waals surface area contributed by atoms with Crippen LogP contribution in [0.15, 0.2) is 0 Å². The van der Waals surface area contributed by atoms with Crippen molar-refractivity contribution in [1.82, 2.24) is 0 Å². The van der Waals surface area contributed by atoms with Gasteiger partial charge in [-0.25, -0.2) is 0 Å². The van der Waals surface area contributed by atoms with Crippen LogP contribution >= 0.6 is 11.8 Å². The Hall–Kier alpha value is 0.350. The first-order valence-corrected chi connectivity index (χ1v) is 10.8. The fourth-order valence-electron chi connectivity index (χ4n) is 4.92. The average Bonchev–Trinajstić information content (AvgIpc) is 2.81. The Morgan fingerprint density at radius 1 is 0.571 bits per heavy atom. The molecule has 0 N–H and O–H groups in total. The molecule has 2 saturated carbocycles. The van der Waals surface area contributed by atoms with E-state index in [1.54, 1.807) is 0 Å². The summed E-state index contributed by atoms with van der Waals surface area (Å²) in [6.07, 6.45) is 23.7. The van der Waals surface area contributed by atoms with E-state index in [1.807, 2.05) is 0 Å². The molecule has 0 radical (unpaired) electrons. The van der Waals surface area contributed by atoms with Gasteiger partial charge >= 0.3 is 0 Å². The number of rotatable bonds is 6. The summed E-state index contributed by atoms with van der Waals surface area (Å²) in [7, 11) is 0. The molecule has 0 aromatic rings. The second-order valence-electron chi connectivity index (χ2n) is 7.80. The normalized spacial score (nSPS) is 26.0. The second kappa shape index (κ2) is 8.85. The van der Waals surface area contributed by atoms with Crippen molar-refractivity contribution in [3.8, 4) is 0 Å². The topological polar surface area (TPSA) is 0 Å². The maximum absolute atomic E-state index is 2.51. The molecule has 2 fully saturated rings. The molecule has 0 bridgehead atoms. The van der Waals surface area contributed by atoms with Crippen molar-refractivity contribution in [3.63, 3.8) is 0 Å². The van der Waals surface area contributed by atoms with Gasteiger partial charge in [0.2, 0.25) is 0 Å². The molecule has 124 valence electrons. The smallest absolute Gasteiger partial charge is 0.0165 e. The van der Waals surface area contributed by atoms with Crippen LogP contribution in [0.4, 0.5) is 0 Å². The van der Waals surface area contributed by atoms with E-state index in [9.17, 15) is 0 Å². The van der Waals surface area contributed by atoms with E-state index >= 15 is 0 Å². The third-order valence-electron chi connectivity index (χ3n) is 5.87. The van der Waals surface area contributed by atoms with Gasteiger partial charge in [-0.3, -0.25) is 0 Å². The van der Waals surface area contributed by atoms with Crippen molar-refractivity contribution in [2.75, 3.05) is 0 Å². The van der Waals surface area contributed by atoms with Crippen molar-refractivity contribution in [2.24, 2.45) is 0 Å². The summed E-state index contributed by atoms with van der Waals surface area (Å²) < 4.78 is 1.29. The van der Waals surface area contributed by atoms with Crippen molar-refractivity contribution in [3.05, 3.63) is 0 Å². The first-order chi connectivity index (χ1) is 10.2. The minimum absolute atomic E-state index is 0.644. The molecule has 0 unspecified atom stereocenters. The zero-order chi connectivity index (χ0) is 15.0. The van der Waals surface area contributed by atoms with E-state index < -0.39 is 0 Å². The zero-order valence-electron chi connectivity index (χ0n) is 14.7. The quantitative estimate of drug-likeness (QED) is 0.457. The lowest BCUT2D eigenvalue weighted by atomic mass is 9.92. The SMILES string of the molecule is CCCC1(SC2(CCC)CCCCCC2)CCCCCC1. The average molecular weight is 311 g/mol. The van der Waals surface area contributed by atoms with Gasteiger partial charge in [0.05, 0.1) is 0 Å². The standard InChI is InChI=1S/C20H38S/c1-3-13-19(15-9-5-6-10-16-19)21-20(14-4-2)17-11-7-8-12-18-20/h3-18H2,1-2H3. The molecule has 0 amide bonds. The Bertz CT molecular complexity index is 240. The predicted molar refractivity (Wildman–Crippen MR) is 98.3 cm³/mol. The van der Waals surface area contributed by atoms with Gasteiger partial charge in [0.1, 0.15) is 0 Å². The lowest BCUT2D eigenvalue weighted by molar-refractivity contribution is 0.430. The number of hydrogen-bond donors (Lipinski definition) is 0. The molecule has 2 aliphatic rings. The fraction of sp³-hybridized carbons (Fsp3) is 1.00. The largest absolute Gasteiger partial charge is 0.148 e. The van der Waals surface area contributed by atoms with E-state index in [2.05, 4.69) is 25.6 Å². The predicted octanol–water partition coefficient (Wildman–Crippen LogP) is 7.51. The van der Waals surface area contributed by atoms with E-state index in [1.165, 1.54) is 103 Å². The summed E-state index contributed by atoms with van der Waals surface area (Å²) in [5.74, 6) is 0. The van der Waals surface area contributed by atoms with Crippen LogP contribution in [0.1, 0.15) is 117 Å². The molecule has 1 heteroatoms. The van der Waals surface area contributed by atoms with Crippen LogP contribution in [0.5, 0.6) is 0 Å². The summed E-state index contributed by atoms with van der Waals surface area (Å²) in [5, 5.41) is 0. The fourth-order valence-corrected chi connectivity index (χ4v) is 7.44. The molecule has 0 aromatic heterocycles. The van der Waals surface area contributed by atoms with Crippen LogP contribution < -0.4 is 0 Å². The van der Waals surface area contributed by atoms with Crippen LogP contribution in [0, 0.1) is 0 Å². The summed E-state index contributed by atoms with van der Waals surface area (Å²) in [5.41, 5.74) is 0. The summed E-state index contributed by atoms with van der Waals surface area (Å²) in [6.45, 7) is 4.82. The van der Waals surface area contributed by atoms with Gasteiger partial charge in [-0.15, -0.1) is 11.8 Å². The van der Waals surface area contributed by atoms with Crippen LogP contribution in [0.25, 0.3) is 0 Å². The molecular weight excluding hydrogens is 272 g/mol. The van der Waals surface area contributed by atoms with Gasteiger partial charge in [0.15, 0.2) is 0 Å². The van der Waals surface area contributed by atoms with Gasteiger partial charge in [0.25, 0.3) is 0 Å². The molecule has 0 heterocycles. The van der Waals surface area contributed by atoms with Gasteiger partial charge in [0, 0.05) is 9.49 Å². The highest BCUT2D eigenvalue weighted by molar-refractivity contribution is 8.02. The molecule has 0 aliphatic heterocycles. The molecule has 0 spiro atoms. The molecule has 0 nitrogen and oxygen atoms in total. The van der Waals surface area contributed by atoms with E-state index in [-0.39, 0.29) is 0 Å². The molecule has 0 aromatic carbocycles. The lowest BCUT2D eigenvalue weighted by Gasteiger charge is -2.43. The first kappa shape index (κ1) is 17.7. The maximum Gasteiger partial charge on any atom is 0.0165 e. The maximum atomic E-state index is 2.51. The summed E-state index contributed by atoms with van der Waals surface area (Å²) >= 11 is 2.51. The Morgan fingerprint density at radius 3 is 1.19 bits per heavy atom. The minimum Gasteiger partial charge on any atom is -0.148 e. The molecule has 2 rings (SSSR count). The highest BCUT2D eigenvalue weighted by atomic mass is 32.2. The Labute approximate surface area is 138 Å². The molecular formula is C20H38S. The van der Waals surface area contributed by atoms with Crippen molar-refractivity contribution >= 4 is 11.8 Å².